The summed E-state index contributed by atoms with van der Waals surface area (Å²) in [5, 5.41) is 16.0. The van der Waals surface area contributed by atoms with Gasteiger partial charge in [0.25, 0.3) is 0 Å². The third kappa shape index (κ3) is 4.67. The van der Waals surface area contributed by atoms with Crippen molar-refractivity contribution in [2.75, 3.05) is 10.6 Å². The van der Waals surface area contributed by atoms with Crippen LogP contribution in [0.25, 0.3) is 0 Å². The van der Waals surface area contributed by atoms with Crippen LogP contribution in [0, 0.1) is 6.92 Å². The van der Waals surface area contributed by atoms with Gasteiger partial charge < -0.3 is 15.7 Å². The van der Waals surface area contributed by atoms with Crippen LogP contribution in [-0.4, -0.2) is 16.9 Å². The fourth-order valence-corrected chi connectivity index (χ4v) is 2.44. The molecule has 24 heavy (non-hydrogen) atoms. The number of aliphatic hydroxyl groups is 1. The van der Waals surface area contributed by atoms with Gasteiger partial charge in [-0.25, -0.2) is 0 Å². The smallest absolute Gasteiger partial charge is 0.227 e. The zero-order valence-corrected chi connectivity index (χ0v) is 14.1. The largest absolute Gasteiger partial charge is 0.385 e. The van der Waals surface area contributed by atoms with Gasteiger partial charge >= 0.3 is 0 Å². The zero-order chi connectivity index (χ0) is 17.7. The number of carbonyl (C=O) groups is 2. The Morgan fingerprint density at radius 2 is 1.75 bits per heavy atom. The highest BCUT2D eigenvalue weighted by Crippen LogP contribution is 2.25. The average molecular weight is 326 g/mol. The molecule has 0 fully saturated rings. The lowest BCUT2D eigenvalue weighted by Crippen LogP contribution is -2.28. The van der Waals surface area contributed by atoms with Gasteiger partial charge in [-0.3, -0.25) is 9.59 Å². The molecule has 0 radical (unpaired) electrons. The molecule has 0 aliphatic carbocycles. The number of carbonyl (C=O) groups excluding carboxylic acids is 2. The normalized spacial score (nSPS) is 13.0. The third-order valence-electron chi connectivity index (χ3n) is 3.73. The molecule has 1 unspecified atom stereocenters. The Balaban J connectivity index is 2.08. The lowest BCUT2D eigenvalue weighted by atomic mass is 9.92. The van der Waals surface area contributed by atoms with Gasteiger partial charge in [0.15, 0.2) is 0 Å². The lowest BCUT2D eigenvalue weighted by Gasteiger charge is -2.23. The summed E-state index contributed by atoms with van der Waals surface area (Å²) in [6, 6.07) is 14.3. The van der Waals surface area contributed by atoms with Gasteiger partial charge in [0.2, 0.25) is 11.8 Å². The van der Waals surface area contributed by atoms with Crippen LogP contribution in [0.15, 0.2) is 48.5 Å². The summed E-state index contributed by atoms with van der Waals surface area (Å²) in [4.78, 5) is 23.5. The van der Waals surface area contributed by atoms with Gasteiger partial charge in [0.05, 0.1) is 12.0 Å². The van der Waals surface area contributed by atoms with Gasteiger partial charge in [0.1, 0.15) is 0 Å². The molecular weight excluding hydrogens is 304 g/mol. The van der Waals surface area contributed by atoms with Gasteiger partial charge in [-0.05, 0) is 37.1 Å². The van der Waals surface area contributed by atoms with E-state index in [2.05, 4.69) is 10.6 Å². The number of amides is 2. The number of rotatable bonds is 5. The van der Waals surface area contributed by atoms with Crippen molar-refractivity contribution in [1.29, 1.82) is 0 Å². The molecule has 0 bridgehead atoms. The molecule has 2 aromatic carbocycles. The van der Waals surface area contributed by atoms with Crippen LogP contribution in [-0.2, 0) is 15.2 Å². The minimum Gasteiger partial charge on any atom is -0.385 e. The Bertz CT molecular complexity index is 740. The summed E-state index contributed by atoms with van der Waals surface area (Å²) in [6.45, 7) is 4.92. The van der Waals surface area contributed by atoms with Crippen molar-refractivity contribution in [3.63, 3.8) is 0 Å². The Morgan fingerprint density at radius 1 is 1.08 bits per heavy atom. The van der Waals surface area contributed by atoms with Crippen LogP contribution in [0.3, 0.4) is 0 Å². The van der Waals surface area contributed by atoms with Crippen molar-refractivity contribution in [3.05, 3.63) is 59.7 Å². The Hall–Kier alpha value is -2.66. The molecule has 126 valence electrons. The Kier molecular flexibility index (Phi) is 5.36. The van der Waals surface area contributed by atoms with E-state index in [9.17, 15) is 14.7 Å². The first-order valence-electron chi connectivity index (χ1n) is 7.74. The number of hydrogen-bond donors (Lipinski definition) is 3. The van der Waals surface area contributed by atoms with Crippen molar-refractivity contribution in [2.45, 2.75) is 32.8 Å². The first-order valence-corrected chi connectivity index (χ1v) is 7.74. The second kappa shape index (κ2) is 7.27. The highest BCUT2D eigenvalue weighted by Gasteiger charge is 2.26. The van der Waals surface area contributed by atoms with Crippen molar-refractivity contribution >= 4 is 23.2 Å². The summed E-state index contributed by atoms with van der Waals surface area (Å²) < 4.78 is 0. The Morgan fingerprint density at radius 3 is 2.38 bits per heavy atom. The van der Waals surface area contributed by atoms with Crippen molar-refractivity contribution in [1.82, 2.24) is 0 Å². The monoisotopic (exact) mass is 326 g/mol. The molecule has 0 spiro atoms. The van der Waals surface area contributed by atoms with E-state index in [1.165, 1.54) is 6.92 Å². The molecule has 5 nitrogen and oxygen atoms in total. The van der Waals surface area contributed by atoms with E-state index in [1.54, 1.807) is 31.2 Å². The van der Waals surface area contributed by atoms with Crippen LogP contribution in [0.5, 0.6) is 0 Å². The van der Waals surface area contributed by atoms with Crippen LogP contribution in [0.4, 0.5) is 11.4 Å². The first-order chi connectivity index (χ1) is 11.3. The average Bonchev–Trinajstić information content (AvgIpc) is 2.50. The highest BCUT2D eigenvalue weighted by molar-refractivity contribution is 5.94. The quantitative estimate of drug-likeness (QED) is 0.789. The van der Waals surface area contributed by atoms with E-state index < -0.39 is 5.60 Å². The van der Waals surface area contributed by atoms with Gasteiger partial charge in [-0.2, -0.15) is 0 Å². The fraction of sp³-hybridized carbons (Fsp3) is 0.263. The van der Waals surface area contributed by atoms with Crippen molar-refractivity contribution in [2.24, 2.45) is 0 Å². The summed E-state index contributed by atoms with van der Waals surface area (Å²) in [7, 11) is 0. The first kappa shape index (κ1) is 17.7. The maximum atomic E-state index is 12.3. The number of hydrogen-bond acceptors (Lipinski definition) is 3. The van der Waals surface area contributed by atoms with Crippen LogP contribution in [0.1, 0.15) is 31.4 Å². The Labute approximate surface area is 141 Å². The summed E-state index contributed by atoms with van der Waals surface area (Å²) >= 11 is 0. The topological polar surface area (TPSA) is 78.4 Å². The van der Waals surface area contributed by atoms with Crippen LogP contribution in [0.2, 0.25) is 0 Å². The maximum absolute atomic E-state index is 12.3. The molecule has 1 atom stereocenters. The summed E-state index contributed by atoms with van der Waals surface area (Å²) in [5.41, 5.74) is 1.55. The van der Waals surface area contributed by atoms with Gasteiger partial charge in [0, 0.05) is 18.3 Å². The maximum Gasteiger partial charge on any atom is 0.227 e. The number of anilines is 2. The molecule has 0 heterocycles. The predicted molar refractivity (Wildman–Crippen MR) is 94.7 cm³/mol. The van der Waals surface area contributed by atoms with Gasteiger partial charge in [-0.1, -0.05) is 36.4 Å². The van der Waals surface area contributed by atoms with Crippen LogP contribution >= 0.6 is 0 Å². The molecule has 2 aromatic rings. The molecule has 0 aliphatic rings. The fourth-order valence-electron chi connectivity index (χ4n) is 2.44. The second-order valence-corrected chi connectivity index (χ2v) is 6.08. The van der Waals surface area contributed by atoms with E-state index in [4.69, 9.17) is 0 Å². The second-order valence-electron chi connectivity index (χ2n) is 6.08. The number of aryl methyl sites for hydroxylation is 1. The van der Waals surface area contributed by atoms with E-state index in [0.29, 0.717) is 16.9 Å². The number of benzene rings is 2. The molecule has 2 rings (SSSR count). The molecule has 0 aromatic heterocycles. The molecule has 0 saturated carbocycles. The van der Waals surface area contributed by atoms with Crippen molar-refractivity contribution < 1.29 is 14.7 Å². The molecular formula is C19H22N2O3. The van der Waals surface area contributed by atoms with E-state index in [0.717, 1.165) is 5.56 Å². The molecule has 0 aliphatic heterocycles. The highest BCUT2D eigenvalue weighted by atomic mass is 16.3. The predicted octanol–water partition coefficient (Wildman–Crippen LogP) is 3.19. The van der Waals surface area contributed by atoms with Crippen LogP contribution < -0.4 is 10.6 Å². The molecule has 0 saturated heterocycles. The number of nitrogens with one attached hydrogen (secondary N) is 2. The molecule has 3 N–H and O–H groups in total. The van der Waals surface area contributed by atoms with E-state index >= 15 is 0 Å². The van der Waals surface area contributed by atoms with Gasteiger partial charge in [-0.15, -0.1) is 0 Å². The minimum absolute atomic E-state index is 0.0691. The summed E-state index contributed by atoms with van der Waals surface area (Å²) in [5.74, 6) is -0.477. The molecule has 5 heteroatoms. The van der Waals surface area contributed by atoms with E-state index in [1.807, 2.05) is 31.2 Å². The van der Waals surface area contributed by atoms with E-state index in [-0.39, 0.29) is 18.2 Å². The lowest BCUT2D eigenvalue weighted by molar-refractivity contribution is -0.120. The minimum atomic E-state index is -1.25. The summed E-state index contributed by atoms with van der Waals surface area (Å²) in [6.07, 6.45) is -0.0691. The van der Waals surface area contributed by atoms with Crippen molar-refractivity contribution in [3.8, 4) is 0 Å². The third-order valence-corrected chi connectivity index (χ3v) is 3.73. The zero-order valence-electron chi connectivity index (χ0n) is 14.1. The SMILES string of the molecule is CC(=O)Nc1cc(NC(=O)CC(C)(O)c2ccccc2)ccc1C. The standard InChI is InChI=1S/C19H22N2O3/c1-13-9-10-16(11-17(13)20-14(2)22)21-18(23)12-19(3,24)15-7-5-4-6-8-15/h4-11,24H,12H2,1-3H3,(H,20,22)(H,21,23). The molecule has 2 amide bonds.